The van der Waals surface area contributed by atoms with E-state index in [0.717, 1.165) is 6.07 Å². The molecule has 0 atom stereocenters. The number of halogens is 2. The van der Waals surface area contributed by atoms with Crippen molar-refractivity contribution in [3.8, 4) is 5.75 Å². The summed E-state index contributed by atoms with van der Waals surface area (Å²) < 4.78 is 56.3. The molecule has 0 bridgehead atoms. The lowest BCUT2D eigenvalue weighted by molar-refractivity contribution is 0.338. The number of fused-ring (bicyclic) bond motifs is 1. The molecular weight excluding hydrogens is 298 g/mol. The van der Waals surface area contributed by atoms with Gasteiger partial charge in [-0.25, -0.2) is 17.2 Å². The Morgan fingerprint density at radius 2 is 1.81 bits per heavy atom. The second-order valence-corrected chi connectivity index (χ2v) is 6.49. The largest absolute Gasteiger partial charge is 0.485 e. The summed E-state index contributed by atoms with van der Waals surface area (Å²) in [5, 5.41) is 0. The molecule has 108 valence electrons. The van der Waals surface area contributed by atoms with Crippen molar-refractivity contribution in [2.45, 2.75) is 4.90 Å². The summed E-state index contributed by atoms with van der Waals surface area (Å²) in [4.78, 5) is -0.110. The number of para-hydroxylation sites is 1. The van der Waals surface area contributed by atoms with Crippen LogP contribution in [0.2, 0.25) is 0 Å². The summed E-state index contributed by atoms with van der Waals surface area (Å²) in [6.07, 6.45) is 1.41. The summed E-state index contributed by atoms with van der Waals surface area (Å²) in [7, 11) is -3.78. The van der Waals surface area contributed by atoms with Crippen molar-refractivity contribution in [3.63, 3.8) is 0 Å². The molecule has 0 saturated heterocycles. The molecule has 0 aliphatic carbocycles. The molecular formula is C15H10F2O3S. The van der Waals surface area contributed by atoms with Gasteiger partial charge in [-0.15, -0.1) is 0 Å². The predicted octanol–water partition coefficient (Wildman–Crippen LogP) is 3.17. The number of ether oxygens (including phenoxy) is 1. The molecule has 0 amide bonds. The first kappa shape index (κ1) is 13.8. The maximum Gasteiger partial charge on any atom is 0.206 e. The van der Waals surface area contributed by atoms with E-state index in [1.807, 2.05) is 0 Å². The number of hydrogen-bond acceptors (Lipinski definition) is 3. The quantitative estimate of drug-likeness (QED) is 0.874. The Balaban J connectivity index is 1.87. The molecule has 2 aromatic carbocycles. The monoisotopic (exact) mass is 308 g/mol. The number of sulfone groups is 1. The van der Waals surface area contributed by atoms with Crippen LogP contribution in [-0.2, 0) is 9.84 Å². The van der Waals surface area contributed by atoms with Crippen molar-refractivity contribution >= 4 is 15.9 Å². The molecule has 0 fully saturated rings. The first-order valence-corrected chi connectivity index (χ1v) is 7.59. The molecule has 1 aliphatic rings. The highest BCUT2D eigenvalue weighted by atomic mass is 32.2. The standard InChI is InChI=1S/C15H10F2O3S/c16-11-6-5-10-7-12(21(18,19)15(10)8-11)9-20-14-4-2-1-3-13(14)17/h1-8H,9H2. The molecule has 2 aromatic rings. The minimum absolute atomic E-state index is 0.0219. The predicted molar refractivity (Wildman–Crippen MR) is 73.5 cm³/mol. The second kappa shape index (κ2) is 4.96. The van der Waals surface area contributed by atoms with E-state index in [-0.39, 0.29) is 22.2 Å². The minimum Gasteiger partial charge on any atom is -0.485 e. The number of rotatable bonds is 3. The maximum absolute atomic E-state index is 13.4. The highest BCUT2D eigenvalue weighted by Gasteiger charge is 2.30. The first-order valence-electron chi connectivity index (χ1n) is 6.11. The minimum atomic E-state index is -3.78. The number of hydrogen-bond donors (Lipinski definition) is 0. The molecule has 1 heterocycles. The van der Waals surface area contributed by atoms with Crippen LogP contribution in [0.5, 0.6) is 5.75 Å². The number of benzene rings is 2. The lowest BCUT2D eigenvalue weighted by Crippen LogP contribution is -2.09. The summed E-state index contributed by atoms with van der Waals surface area (Å²) >= 11 is 0. The van der Waals surface area contributed by atoms with Gasteiger partial charge in [0.25, 0.3) is 0 Å². The van der Waals surface area contributed by atoms with Gasteiger partial charge in [0.05, 0.1) is 9.80 Å². The fraction of sp³-hybridized carbons (Fsp3) is 0.0667. The lowest BCUT2D eigenvalue weighted by atomic mass is 10.2. The Hall–Kier alpha value is -2.21. The van der Waals surface area contributed by atoms with Crippen molar-refractivity contribution in [1.82, 2.24) is 0 Å². The Bertz CT molecular complexity index is 842. The van der Waals surface area contributed by atoms with Gasteiger partial charge in [0.15, 0.2) is 11.6 Å². The van der Waals surface area contributed by atoms with E-state index >= 15 is 0 Å². The average Bonchev–Trinajstić information content (AvgIpc) is 2.69. The Morgan fingerprint density at radius 3 is 2.57 bits per heavy atom. The van der Waals surface area contributed by atoms with Gasteiger partial charge in [0.2, 0.25) is 9.84 Å². The van der Waals surface area contributed by atoms with Crippen molar-refractivity contribution < 1.29 is 21.9 Å². The van der Waals surface area contributed by atoms with Gasteiger partial charge < -0.3 is 4.74 Å². The van der Waals surface area contributed by atoms with Crippen LogP contribution in [0.4, 0.5) is 8.78 Å². The van der Waals surface area contributed by atoms with Gasteiger partial charge >= 0.3 is 0 Å². The van der Waals surface area contributed by atoms with Gasteiger partial charge in [-0.2, -0.15) is 0 Å². The van der Waals surface area contributed by atoms with Crippen molar-refractivity contribution in [2.75, 3.05) is 6.61 Å². The molecule has 6 heteroatoms. The summed E-state index contributed by atoms with van der Waals surface area (Å²) in [6, 6.07) is 9.26. The van der Waals surface area contributed by atoms with E-state index in [1.54, 1.807) is 6.07 Å². The normalized spacial score (nSPS) is 15.4. The third-order valence-electron chi connectivity index (χ3n) is 3.13. The topological polar surface area (TPSA) is 43.4 Å². The van der Waals surface area contributed by atoms with Crippen LogP contribution in [0.1, 0.15) is 5.56 Å². The van der Waals surface area contributed by atoms with Crippen LogP contribution in [0.15, 0.2) is 52.3 Å². The average molecular weight is 308 g/mol. The van der Waals surface area contributed by atoms with Crippen LogP contribution in [0.25, 0.3) is 6.08 Å². The van der Waals surface area contributed by atoms with Crippen LogP contribution in [-0.4, -0.2) is 15.0 Å². The zero-order valence-corrected chi connectivity index (χ0v) is 11.5. The fourth-order valence-corrected chi connectivity index (χ4v) is 3.57. The Kier molecular flexibility index (Phi) is 3.25. The molecule has 1 aliphatic heterocycles. The molecule has 0 N–H and O–H groups in total. The smallest absolute Gasteiger partial charge is 0.206 e. The fourth-order valence-electron chi connectivity index (χ4n) is 2.08. The van der Waals surface area contributed by atoms with Gasteiger partial charge in [-0.1, -0.05) is 18.2 Å². The van der Waals surface area contributed by atoms with E-state index in [4.69, 9.17) is 4.74 Å². The van der Waals surface area contributed by atoms with E-state index in [0.29, 0.717) is 5.56 Å². The molecule has 0 aromatic heterocycles. The summed E-state index contributed by atoms with van der Waals surface area (Å²) in [5.74, 6) is -1.23. The third-order valence-corrected chi connectivity index (χ3v) is 4.99. The van der Waals surface area contributed by atoms with Crippen LogP contribution in [0.3, 0.4) is 0 Å². The summed E-state index contributed by atoms with van der Waals surface area (Å²) in [5.41, 5.74) is 0.406. The van der Waals surface area contributed by atoms with E-state index in [9.17, 15) is 17.2 Å². The zero-order chi connectivity index (χ0) is 15.0. The van der Waals surface area contributed by atoms with Gasteiger partial charge in [-0.05, 0) is 35.9 Å². The molecule has 0 spiro atoms. The highest BCUT2D eigenvalue weighted by molar-refractivity contribution is 7.95. The Labute approximate surface area is 120 Å². The highest BCUT2D eigenvalue weighted by Crippen LogP contribution is 2.33. The molecule has 21 heavy (non-hydrogen) atoms. The van der Waals surface area contributed by atoms with Crippen molar-refractivity contribution in [3.05, 3.63) is 64.6 Å². The second-order valence-electron chi connectivity index (χ2n) is 4.52. The SMILES string of the molecule is O=S1(=O)C(COc2ccccc2F)=Cc2ccc(F)cc21. The first-order chi connectivity index (χ1) is 9.98. The van der Waals surface area contributed by atoms with Crippen molar-refractivity contribution in [1.29, 1.82) is 0 Å². The third kappa shape index (κ3) is 2.42. The Morgan fingerprint density at radius 1 is 1.05 bits per heavy atom. The molecule has 3 nitrogen and oxygen atoms in total. The van der Waals surface area contributed by atoms with E-state index in [1.165, 1.54) is 36.4 Å². The molecule has 0 radical (unpaired) electrons. The van der Waals surface area contributed by atoms with Crippen LogP contribution < -0.4 is 4.74 Å². The van der Waals surface area contributed by atoms with Crippen LogP contribution >= 0.6 is 0 Å². The van der Waals surface area contributed by atoms with Gasteiger partial charge in [-0.3, -0.25) is 0 Å². The summed E-state index contributed by atoms with van der Waals surface area (Å²) in [6.45, 7) is -0.306. The van der Waals surface area contributed by atoms with E-state index in [2.05, 4.69) is 0 Å². The molecule has 3 rings (SSSR count). The lowest BCUT2D eigenvalue weighted by Gasteiger charge is -2.08. The zero-order valence-electron chi connectivity index (χ0n) is 10.7. The van der Waals surface area contributed by atoms with Crippen LogP contribution in [0, 0.1) is 11.6 Å². The molecule has 0 saturated carbocycles. The van der Waals surface area contributed by atoms with Gasteiger partial charge in [0, 0.05) is 0 Å². The van der Waals surface area contributed by atoms with Crippen molar-refractivity contribution in [2.24, 2.45) is 0 Å². The van der Waals surface area contributed by atoms with E-state index < -0.39 is 21.5 Å². The maximum atomic E-state index is 13.4. The van der Waals surface area contributed by atoms with Gasteiger partial charge in [0.1, 0.15) is 12.4 Å². The molecule has 0 unspecified atom stereocenters.